The van der Waals surface area contributed by atoms with Crippen LogP contribution < -0.4 is 15.2 Å². The topological polar surface area (TPSA) is 52.5 Å². The number of aromatic nitrogens is 3. The van der Waals surface area contributed by atoms with E-state index in [-0.39, 0.29) is 0 Å². The Morgan fingerprint density at radius 3 is 1.96 bits per heavy atom. The molecule has 0 atom stereocenters. The SMILES string of the molecule is CCN(CC)N(C)c1cn(-c2ccc(Nc3ccc(N(C)C)cc3)cc2)nn1. The lowest BCUT2D eigenvalue weighted by atomic mass is 10.2. The van der Waals surface area contributed by atoms with Crippen LogP contribution in [0.4, 0.5) is 22.9 Å². The molecule has 0 amide bonds. The van der Waals surface area contributed by atoms with Crippen molar-refractivity contribution in [3.05, 3.63) is 54.7 Å². The predicted octanol–water partition coefficient (Wildman–Crippen LogP) is 3.77. The van der Waals surface area contributed by atoms with Crippen molar-refractivity contribution in [1.82, 2.24) is 20.0 Å². The summed E-state index contributed by atoms with van der Waals surface area (Å²) >= 11 is 0. The van der Waals surface area contributed by atoms with Gasteiger partial charge in [-0.1, -0.05) is 19.1 Å². The fourth-order valence-electron chi connectivity index (χ4n) is 3.03. The van der Waals surface area contributed by atoms with Gasteiger partial charge < -0.3 is 10.2 Å². The summed E-state index contributed by atoms with van der Waals surface area (Å²) in [5.74, 6) is 0.826. The lowest BCUT2D eigenvalue weighted by molar-refractivity contribution is 0.291. The van der Waals surface area contributed by atoms with Crippen molar-refractivity contribution in [3.8, 4) is 5.69 Å². The third kappa shape index (κ3) is 4.43. The molecule has 0 unspecified atom stereocenters. The van der Waals surface area contributed by atoms with Crippen molar-refractivity contribution in [1.29, 1.82) is 0 Å². The van der Waals surface area contributed by atoms with Crippen LogP contribution in [0.5, 0.6) is 0 Å². The molecule has 148 valence electrons. The summed E-state index contributed by atoms with van der Waals surface area (Å²) < 4.78 is 1.80. The van der Waals surface area contributed by atoms with E-state index in [4.69, 9.17) is 0 Å². The Labute approximate surface area is 167 Å². The van der Waals surface area contributed by atoms with E-state index in [1.165, 1.54) is 5.69 Å². The largest absolute Gasteiger partial charge is 0.378 e. The molecule has 3 rings (SSSR count). The molecule has 28 heavy (non-hydrogen) atoms. The molecule has 0 saturated heterocycles. The van der Waals surface area contributed by atoms with Gasteiger partial charge in [-0.3, -0.25) is 5.01 Å². The first-order valence-electron chi connectivity index (χ1n) is 9.57. The molecule has 0 aliphatic heterocycles. The fourth-order valence-corrected chi connectivity index (χ4v) is 3.03. The highest BCUT2D eigenvalue weighted by molar-refractivity contribution is 5.63. The van der Waals surface area contributed by atoms with Crippen LogP contribution in [-0.4, -0.2) is 54.2 Å². The van der Waals surface area contributed by atoms with E-state index in [1.54, 1.807) is 4.68 Å². The molecule has 1 N–H and O–H groups in total. The zero-order valence-electron chi connectivity index (χ0n) is 17.3. The third-order valence-corrected chi connectivity index (χ3v) is 4.77. The normalized spacial score (nSPS) is 10.9. The van der Waals surface area contributed by atoms with Gasteiger partial charge in [-0.25, -0.2) is 9.69 Å². The molecule has 7 nitrogen and oxygen atoms in total. The molecule has 0 fully saturated rings. The van der Waals surface area contributed by atoms with E-state index >= 15 is 0 Å². The molecule has 0 spiro atoms. The molecule has 0 aliphatic rings. The summed E-state index contributed by atoms with van der Waals surface area (Å²) in [5.41, 5.74) is 4.24. The minimum Gasteiger partial charge on any atom is -0.378 e. The van der Waals surface area contributed by atoms with E-state index in [0.29, 0.717) is 0 Å². The van der Waals surface area contributed by atoms with Crippen LogP contribution in [-0.2, 0) is 0 Å². The summed E-state index contributed by atoms with van der Waals surface area (Å²) in [6.07, 6.45) is 1.95. The number of hydrogen-bond donors (Lipinski definition) is 1. The maximum absolute atomic E-state index is 4.30. The Bertz CT molecular complexity index is 865. The average molecular weight is 380 g/mol. The first-order chi connectivity index (χ1) is 13.5. The Hall–Kier alpha value is -3.06. The molecule has 0 bridgehead atoms. The minimum atomic E-state index is 0.826. The number of benzene rings is 2. The van der Waals surface area contributed by atoms with Gasteiger partial charge in [0.05, 0.1) is 11.9 Å². The van der Waals surface area contributed by atoms with Gasteiger partial charge in [-0.15, -0.1) is 5.10 Å². The maximum atomic E-state index is 4.30. The lowest BCUT2D eigenvalue weighted by Gasteiger charge is -2.29. The Kier molecular flexibility index (Phi) is 6.16. The standard InChI is InChI=1S/C21H29N7/c1-6-27(7-2)26(5)21-16-28(24-23-21)20-14-10-18(11-15-20)22-17-8-12-19(13-9-17)25(3)4/h8-16,22H,6-7H2,1-5H3. The molecule has 7 heteroatoms. The molecule has 0 aliphatic carbocycles. The number of hydrazine groups is 1. The van der Waals surface area contributed by atoms with Crippen molar-refractivity contribution in [2.45, 2.75) is 13.8 Å². The Morgan fingerprint density at radius 1 is 0.857 bits per heavy atom. The summed E-state index contributed by atoms with van der Waals surface area (Å²) in [6, 6.07) is 16.5. The van der Waals surface area contributed by atoms with Crippen LogP contribution in [0.1, 0.15) is 13.8 Å². The van der Waals surface area contributed by atoms with Gasteiger partial charge in [0.2, 0.25) is 0 Å². The van der Waals surface area contributed by atoms with Gasteiger partial charge in [-0.2, -0.15) is 0 Å². The third-order valence-electron chi connectivity index (χ3n) is 4.77. The molecule has 2 aromatic carbocycles. The van der Waals surface area contributed by atoms with Crippen molar-refractivity contribution in [2.75, 3.05) is 49.5 Å². The second kappa shape index (κ2) is 8.75. The van der Waals surface area contributed by atoms with Gasteiger partial charge in [0.1, 0.15) is 0 Å². The van der Waals surface area contributed by atoms with Gasteiger partial charge in [0, 0.05) is 51.3 Å². The van der Waals surface area contributed by atoms with Crippen LogP contribution in [0.25, 0.3) is 5.69 Å². The van der Waals surface area contributed by atoms with Crippen LogP contribution in [0.2, 0.25) is 0 Å². The Balaban J connectivity index is 1.69. The second-order valence-electron chi connectivity index (χ2n) is 6.80. The maximum Gasteiger partial charge on any atom is 0.185 e. The molecular weight excluding hydrogens is 350 g/mol. The van der Waals surface area contributed by atoms with Crippen LogP contribution >= 0.6 is 0 Å². The average Bonchev–Trinajstić information content (AvgIpc) is 3.20. The first-order valence-corrected chi connectivity index (χ1v) is 9.57. The highest BCUT2D eigenvalue weighted by Crippen LogP contribution is 2.21. The minimum absolute atomic E-state index is 0.826. The second-order valence-corrected chi connectivity index (χ2v) is 6.80. The van der Waals surface area contributed by atoms with Gasteiger partial charge in [0.15, 0.2) is 5.82 Å². The van der Waals surface area contributed by atoms with Crippen LogP contribution in [0.15, 0.2) is 54.7 Å². The molecular formula is C21H29N7. The van der Waals surface area contributed by atoms with Crippen LogP contribution in [0.3, 0.4) is 0 Å². The van der Waals surface area contributed by atoms with Gasteiger partial charge in [-0.05, 0) is 48.5 Å². The van der Waals surface area contributed by atoms with Gasteiger partial charge in [0.25, 0.3) is 0 Å². The first kappa shape index (κ1) is 19.7. The highest BCUT2D eigenvalue weighted by Gasteiger charge is 2.12. The van der Waals surface area contributed by atoms with Crippen molar-refractivity contribution < 1.29 is 0 Å². The van der Waals surface area contributed by atoms with Crippen molar-refractivity contribution in [3.63, 3.8) is 0 Å². The number of hydrogen-bond acceptors (Lipinski definition) is 6. The van der Waals surface area contributed by atoms with Crippen LogP contribution in [0, 0.1) is 0 Å². The summed E-state index contributed by atoms with van der Waals surface area (Å²) in [4.78, 5) is 2.09. The van der Waals surface area contributed by atoms with Crippen molar-refractivity contribution in [2.24, 2.45) is 0 Å². The summed E-state index contributed by atoms with van der Waals surface area (Å²) in [6.45, 7) is 6.11. The summed E-state index contributed by atoms with van der Waals surface area (Å²) in [7, 11) is 6.09. The summed E-state index contributed by atoms with van der Waals surface area (Å²) in [5, 5.41) is 16.2. The number of anilines is 4. The quantitative estimate of drug-likeness (QED) is 0.601. The number of rotatable bonds is 8. The van der Waals surface area contributed by atoms with Crippen molar-refractivity contribution >= 4 is 22.9 Å². The lowest BCUT2D eigenvalue weighted by Crippen LogP contribution is -2.39. The molecule has 3 aromatic rings. The van der Waals surface area contributed by atoms with E-state index in [9.17, 15) is 0 Å². The molecule has 0 radical (unpaired) electrons. The smallest absolute Gasteiger partial charge is 0.185 e. The van der Waals surface area contributed by atoms with E-state index in [2.05, 4.69) is 63.7 Å². The fraction of sp³-hybridized carbons (Fsp3) is 0.333. The Morgan fingerprint density at radius 2 is 1.43 bits per heavy atom. The monoisotopic (exact) mass is 379 g/mol. The highest BCUT2D eigenvalue weighted by atomic mass is 15.6. The molecule has 0 saturated carbocycles. The zero-order valence-corrected chi connectivity index (χ0v) is 17.3. The van der Waals surface area contributed by atoms with Gasteiger partial charge >= 0.3 is 0 Å². The molecule has 1 heterocycles. The number of nitrogens with zero attached hydrogens (tertiary/aromatic N) is 6. The van der Waals surface area contributed by atoms with E-state index in [1.807, 2.05) is 56.6 Å². The van der Waals surface area contributed by atoms with E-state index in [0.717, 1.165) is 36.0 Å². The zero-order chi connectivity index (χ0) is 20.1. The molecule has 1 aromatic heterocycles. The van der Waals surface area contributed by atoms with E-state index < -0.39 is 0 Å². The predicted molar refractivity (Wildman–Crippen MR) is 117 cm³/mol. The number of nitrogens with one attached hydrogen (secondary N) is 1.